The first-order chi connectivity index (χ1) is 12.4. The van der Waals surface area contributed by atoms with E-state index in [9.17, 15) is 14.7 Å². The van der Waals surface area contributed by atoms with E-state index in [-0.39, 0.29) is 40.6 Å². The van der Waals surface area contributed by atoms with Gasteiger partial charge in [0, 0.05) is 6.54 Å². The van der Waals surface area contributed by atoms with Gasteiger partial charge in [-0.15, -0.1) is 12.4 Å². The van der Waals surface area contributed by atoms with Crippen LogP contribution in [0.3, 0.4) is 0 Å². The van der Waals surface area contributed by atoms with Crippen molar-refractivity contribution in [1.29, 1.82) is 0 Å². The number of hydrogen-bond donors (Lipinski definition) is 5. The molecular formula is C16H20Cl2N6O3. The highest BCUT2D eigenvalue weighted by atomic mass is 35.5. The van der Waals surface area contributed by atoms with Gasteiger partial charge in [-0.25, -0.2) is 14.8 Å². The van der Waals surface area contributed by atoms with Crippen LogP contribution < -0.4 is 22.1 Å². The van der Waals surface area contributed by atoms with Gasteiger partial charge in [0.1, 0.15) is 5.75 Å². The van der Waals surface area contributed by atoms with Gasteiger partial charge in [0.2, 0.25) is 0 Å². The number of urea groups is 1. The second-order valence-corrected chi connectivity index (χ2v) is 5.83. The van der Waals surface area contributed by atoms with Crippen molar-refractivity contribution in [3.8, 4) is 5.75 Å². The van der Waals surface area contributed by atoms with Gasteiger partial charge in [-0.2, -0.15) is 0 Å². The van der Waals surface area contributed by atoms with Gasteiger partial charge < -0.3 is 21.9 Å². The Balaban J connectivity index is 0.00000364. The molecular weight excluding hydrogens is 395 g/mol. The Hall–Kier alpha value is -2.78. The van der Waals surface area contributed by atoms with Crippen molar-refractivity contribution >= 4 is 47.6 Å². The van der Waals surface area contributed by atoms with Gasteiger partial charge in [0.25, 0.3) is 5.91 Å². The molecule has 0 bridgehead atoms. The topological polar surface area (TPSA) is 156 Å². The number of aromatic hydroxyl groups is 1. The van der Waals surface area contributed by atoms with E-state index in [0.29, 0.717) is 6.54 Å². The highest BCUT2D eigenvalue weighted by Gasteiger charge is 2.17. The summed E-state index contributed by atoms with van der Waals surface area (Å²) in [6.45, 7) is 0.390. The molecule has 146 valence electrons. The van der Waals surface area contributed by atoms with Gasteiger partial charge in [0.15, 0.2) is 22.5 Å². The Morgan fingerprint density at radius 1 is 1.07 bits per heavy atom. The third-order valence-corrected chi connectivity index (χ3v) is 3.74. The third kappa shape index (κ3) is 6.80. The lowest BCUT2D eigenvalue weighted by Crippen LogP contribution is -2.40. The van der Waals surface area contributed by atoms with Gasteiger partial charge in [0.05, 0.1) is 0 Å². The van der Waals surface area contributed by atoms with Crippen molar-refractivity contribution in [2.24, 2.45) is 0 Å². The number of carbonyl (C=O) groups excluding carboxylic acids is 2. The maximum atomic E-state index is 12.0. The van der Waals surface area contributed by atoms with Crippen LogP contribution >= 0.6 is 24.0 Å². The molecule has 1 heterocycles. The van der Waals surface area contributed by atoms with Crippen molar-refractivity contribution in [2.45, 2.75) is 19.3 Å². The molecule has 0 unspecified atom stereocenters. The number of amides is 3. The molecule has 0 saturated heterocycles. The summed E-state index contributed by atoms with van der Waals surface area (Å²) in [7, 11) is 0. The van der Waals surface area contributed by atoms with E-state index in [0.717, 1.165) is 24.8 Å². The zero-order valence-electron chi connectivity index (χ0n) is 14.2. The molecule has 0 atom stereocenters. The number of aryl methyl sites for hydroxylation is 1. The molecule has 1 aromatic heterocycles. The highest BCUT2D eigenvalue weighted by Crippen LogP contribution is 2.17. The second-order valence-electron chi connectivity index (χ2n) is 5.47. The zero-order valence-corrected chi connectivity index (χ0v) is 15.8. The summed E-state index contributed by atoms with van der Waals surface area (Å²) in [5.74, 6) is -0.909. The Bertz CT molecular complexity index is 801. The number of nitrogen functional groups attached to an aromatic ring is 2. The van der Waals surface area contributed by atoms with Crippen LogP contribution in [0.25, 0.3) is 0 Å². The molecule has 1 aromatic carbocycles. The molecule has 0 radical (unpaired) electrons. The van der Waals surface area contributed by atoms with E-state index in [2.05, 4.69) is 20.6 Å². The number of halogens is 2. The molecule has 11 heteroatoms. The van der Waals surface area contributed by atoms with Gasteiger partial charge >= 0.3 is 6.03 Å². The molecule has 0 spiro atoms. The number of benzene rings is 1. The minimum absolute atomic E-state index is 0. The number of carbonyl (C=O) groups is 2. The molecule has 9 nitrogen and oxygen atoms in total. The standard InChI is InChI=1S/C16H19ClN6O3.ClH/c17-12-14(19)22-13(18)11(21-12)15(25)23-16(26)20-8-2-1-3-9-4-6-10(24)7-5-9;/h4-7,24H,1-3,8H2,(H4,18,19,22)(H2,20,23,25,26);1H. The van der Waals surface area contributed by atoms with E-state index in [1.807, 2.05) is 12.1 Å². The van der Waals surface area contributed by atoms with E-state index in [4.69, 9.17) is 23.1 Å². The van der Waals surface area contributed by atoms with Crippen molar-refractivity contribution < 1.29 is 14.7 Å². The van der Waals surface area contributed by atoms with Crippen LogP contribution in [0.2, 0.25) is 5.15 Å². The molecule has 2 rings (SSSR count). The molecule has 0 saturated carbocycles. The largest absolute Gasteiger partial charge is 0.508 e. The molecule has 0 fully saturated rings. The molecule has 27 heavy (non-hydrogen) atoms. The normalized spacial score (nSPS) is 9.96. The summed E-state index contributed by atoms with van der Waals surface area (Å²) < 4.78 is 0. The number of phenols is 1. The molecule has 3 amide bonds. The fourth-order valence-corrected chi connectivity index (χ4v) is 2.26. The summed E-state index contributed by atoms with van der Waals surface area (Å²) >= 11 is 5.70. The van der Waals surface area contributed by atoms with Gasteiger partial charge in [-0.3, -0.25) is 10.1 Å². The van der Waals surface area contributed by atoms with Crippen LogP contribution in [0.5, 0.6) is 5.75 Å². The summed E-state index contributed by atoms with van der Waals surface area (Å²) in [6.07, 6.45) is 2.38. The maximum absolute atomic E-state index is 12.0. The summed E-state index contributed by atoms with van der Waals surface area (Å²) in [6, 6.07) is 6.28. The SMILES string of the molecule is Cl.Nc1nc(N)c(C(=O)NC(=O)NCCCCc2ccc(O)cc2)nc1Cl. The van der Waals surface area contributed by atoms with Gasteiger partial charge in [-0.05, 0) is 37.0 Å². The average molecular weight is 415 g/mol. The van der Waals surface area contributed by atoms with E-state index in [1.165, 1.54) is 0 Å². The maximum Gasteiger partial charge on any atom is 0.321 e. The van der Waals surface area contributed by atoms with Crippen LogP contribution in [0, 0.1) is 0 Å². The van der Waals surface area contributed by atoms with Gasteiger partial charge in [-0.1, -0.05) is 23.7 Å². The Labute approximate surface area is 166 Å². The number of phenolic OH excluding ortho intramolecular Hbond substituents is 1. The Kier molecular flexibility index (Phi) is 8.57. The Morgan fingerprint density at radius 2 is 1.74 bits per heavy atom. The van der Waals surface area contributed by atoms with Crippen molar-refractivity contribution in [3.05, 3.63) is 40.7 Å². The first kappa shape index (κ1) is 22.3. The highest BCUT2D eigenvalue weighted by molar-refractivity contribution is 6.31. The third-order valence-electron chi connectivity index (χ3n) is 3.46. The van der Waals surface area contributed by atoms with Crippen LogP contribution in [0.1, 0.15) is 28.9 Å². The lowest BCUT2D eigenvalue weighted by molar-refractivity contribution is 0.0960. The smallest absolute Gasteiger partial charge is 0.321 e. The van der Waals surface area contributed by atoms with Crippen LogP contribution in [0.15, 0.2) is 24.3 Å². The number of anilines is 2. The fourth-order valence-electron chi connectivity index (χ4n) is 2.13. The fraction of sp³-hybridized carbons (Fsp3) is 0.250. The number of rotatable bonds is 6. The number of nitrogens with two attached hydrogens (primary N) is 2. The summed E-state index contributed by atoms with van der Waals surface area (Å²) in [4.78, 5) is 31.1. The molecule has 7 N–H and O–H groups in total. The number of unbranched alkanes of at least 4 members (excludes halogenated alkanes) is 1. The number of imide groups is 1. The number of nitrogens with zero attached hydrogens (tertiary/aromatic N) is 2. The van der Waals surface area contributed by atoms with Crippen LogP contribution in [-0.2, 0) is 6.42 Å². The van der Waals surface area contributed by atoms with Crippen molar-refractivity contribution in [1.82, 2.24) is 20.6 Å². The molecule has 0 aliphatic rings. The quantitative estimate of drug-likeness (QED) is 0.451. The molecule has 0 aliphatic heterocycles. The summed E-state index contributed by atoms with van der Waals surface area (Å²) in [5.41, 5.74) is 11.8. The predicted molar refractivity (Wildman–Crippen MR) is 105 cm³/mol. The zero-order chi connectivity index (χ0) is 19.1. The van der Waals surface area contributed by atoms with Crippen molar-refractivity contribution in [3.63, 3.8) is 0 Å². The van der Waals surface area contributed by atoms with Crippen LogP contribution in [0.4, 0.5) is 16.4 Å². The van der Waals surface area contributed by atoms with E-state index in [1.54, 1.807) is 12.1 Å². The lowest BCUT2D eigenvalue weighted by Gasteiger charge is -2.08. The number of nitrogens with one attached hydrogen (secondary N) is 2. The number of aromatic nitrogens is 2. The minimum Gasteiger partial charge on any atom is -0.508 e. The minimum atomic E-state index is -0.821. The first-order valence-electron chi connectivity index (χ1n) is 7.82. The predicted octanol–water partition coefficient (Wildman–Crippen LogP) is 1.88. The summed E-state index contributed by atoms with van der Waals surface area (Å²) in [5, 5.41) is 13.7. The number of hydrogen-bond acceptors (Lipinski definition) is 7. The van der Waals surface area contributed by atoms with E-state index < -0.39 is 11.9 Å². The Morgan fingerprint density at radius 3 is 2.41 bits per heavy atom. The second kappa shape index (κ2) is 10.4. The average Bonchev–Trinajstić information content (AvgIpc) is 2.59. The lowest BCUT2D eigenvalue weighted by atomic mass is 10.1. The monoisotopic (exact) mass is 414 g/mol. The van der Waals surface area contributed by atoms with Crippen molar-refractivity contribution in [2.75, 3.05) is 18.0 Å². The molecule has 0 aliphatic carbocycles. The first-order valence-corrected chi connectivity index (χ1v) is 8.20. The molecule has 2 aromatic rings. The van der Waals surface area contributed by atoms with E-state index >= 15 is 0 Å². The van der Waals surface area contributed by atoms with Crippen LogP contribution in [-0.4, -0.2) is 33.6 Å².